The molecule has 0 fully saturated rings. The largest absolute Gasteiger partial charge is 0.368 e. The maximum atomic E-state index is 4.96. The van der Waals surface area contributed by atoms with E-state index in [0.717, 1.165) is 29.0 Å². The third kappa shape index (κ3) is 2.67. The molecule has 0 saturated heterocycles. The van der Waals surface area contributed by atoms with Gasteiger partial charge < -0.3 is 10.3 Å². The standard InChI is InChI=1S/C13H14N6S/c1-8-12(17-13(20)19-18-8)14-7-6-11-15-9-4-2-3-5-10(9)16-11/h2-5H,6-7H2,1H3,(H,15,16)(H2,14,17,19,20). The van der Waals surface area contributed by atoms with E-state index in [4.69, 9.17) is 12.2 Å². The van der Waals surface area contributed by atoms with Crippen molar-refractivity contribution >= 4 is 29.1 Å². The topological polar surface area (TPSA) is 82.3 Å². The average Bonchev–Trinajstić information content (AvgIpc) is 2.85. The van der Waals surface area contributed by atoms with E-state index in [9.17, 15) is 0 Å². The van der Waals surface area contributed by atoms with E-state index in [1.165, 1.54) is 0 Å². The number of aryl methyl sites for hydroxylation is 1. The van der Waals surface area contributed by atoms with Gasteiger partial charge in [-0.3, -0.25) is 5.10 Å². The fourth-order valence-corrected chi connectivity index (χ4v) is 2.12. The monoisotopic (exact) mass is 286 g/mol. The van der Waals surface area contributed by atoms with Crippen LogP contribution < -0.4 is 5.32 Å². The highest BCUT2D eigenvalue weighted by Crippen LogP contribution is 2.11. The third-order valence-corrected chi connectivity index (χ3v) is 3.15. The zero-order valence-corrected chi connectivity index (χ0v) is 11.8. The molecule has 0 spiro atoms. The van der Waals surface area contributed by atoms with Gasteiger partial charge in [0.15, 0.2) is 5.82 Å². The number of hydrogen-bond acceptors (Lipinski definition) is 5. The van der Waals surface area contributed by atoms with Crippen LogP contribution in [0.25, 0.3) is 11.0 Å². The molecule has 0 bridgehead atoms. The van der Waals surface area contributed by atoms with Crippen LogP contribution in [-0.2, 0) is 6.42 Å². The third-order valence-electron chi connectivity index (χ3n) is 2.97. The lowest BCUT2D eigenvalue weighted by Gasteiger charge is -2.05. The van der Waals surface area contributed by atoms with Crippen LogP contribution in [0.1, 0.15) is 11.5 Å². The van der Waals surface area contributed by atoms with Crippen molar-refractivity contribution in [3.05, 3.63) is 40.6 Å². The summed E-state index contributed by atoms with van der Waals surface area (Å²) in [6.07, 6.45) is 0.779. The van der Waals surface area contributed by atoms with Crippen LogP contribution in [0.2, 0.25) is 0 Å². The molecule has 7 heteroatoms. The molecule has 20 heavy (non-hydrogen) atoms. The van der Waals surface area contributed by atoms with Crippen molar-refractivity contribution in [3.63, 3.8) is 0 Å². The predicted octanol–water partition coefficient (Wildman–Crippen LogP) is 2.37. The first-order valence-corrected chi connectivity index (χ1v) is 6.74. The van der Waals surface area contributed by atoms with E-state index < -0.39 is 0 Å². The summed E-state index contributed by atoms with van der Waals surface area (Å²) in [7, 11) is 0. The van der Waals surface area contributed by atoms with Crippen molar-refractivity contribution in [1.82, 2.24) is 25.1 Å². The highest BCUT2D eigenvalue weighted by Gasteiger charge is 2.03. The Labute approximate surface area is 120 Å². The van der Waals surface area contributed by atoms with Crippen LogP contribution in [-0.4, -0.2) is 31.7 Å². The van der Waals surface area contributed by atoms with Gasteiger partial charge in [-0.1, -0.05) is 12.1 Å². The fourth-order valence-electron chi connectivity index (χ4n) is 1.98. The number of aromatic nitrogens is 5. The summed E-state index contributed by atoms with van der Waals surface area (Å²) < 4.78 is 0.377. The minimum atomic E-state index is 0.377. The molecule has 0 radical (unpaired) electrons. The van der Waals surface area contributed by atoms with Gasteiger partial charge in [-0.25, -0.2) is 4.98 Å². The number of hydrogen-bond donors (Lipinski definition) is 3. The Hall–Kier alpha value is -2.28. The second-order valence-electron chi connectivity index (χ2n) is 4.45. The highest BCUT2D eigenvalue weighted by molar-refractivity contribution is 7.71. The second kappa shape index (κ2) is 5.38. The summed E-state index contributed by atoms with van der Waals surface area (Å²) in [4.78, 5) is 12.0. The van der Waals surface area contributed by atoms with E-state index in [-0.39, 0.29) is 0 Å². The number of aromatic amines is 2. The zero-order chi connectivity index (χ0) is 13.9. The predicted molar refractivity (Wildman–Crippen MR) is 80.2 cm³/mol. The fraction of sp³-hybridized carbons (Fsp3) is 0.231. The Bertz CT molecular complexity index is 758. The smallest absolute Gasteiger partial charge is 0.215 e. The van der Waals surface area contributed by atoms with Gasteiger partial charge in [-0.05, 0) is 31.3 Å². The van der Waals surface area contributed by atoms with Gasteiger partial charge in [0.2, 0.25) is 4.77 Å². The van der Waals surface area contributed by atoms with Crippen LogP contribution in [0.4, 0.5) is 5.82 Å². The molecule has 0 atom stereocenters. The molecule has 6 nitrogen and oxygen atoms in total. The van der Waals surface area contributed by atoms with Crippen LogP contribution in [0.5, 0.6) is 0 Å². The van der Waals surface area contributed by atoms with Crippen LogP contribution >= 0.6 is 12.2 Å². The number of imidazole rings is 1. The van der Waals surface area contributed by atoms with E-state index >= 15 is 0 Å². The number of benzene rings is 1. The lowest BCUT2D eigenvalue weighted by Crippen LogP contribution is -2.10. The van der Waals surface area contributed by atoms with Gasteiger partial charge in [0.05, 0.1) is 16.7 Å². The van der Waals surface area contributed by atoms with Crippen molar-refractivity contribution in [2.75, 3.05) is 11.9 Å². The molecule has 3 aromatic rings. The maximum absolute atomic E-state index is 4.96. The molecule has 3 N–H and O–H groups in total. The summed E-state index contributed by atoms with van der Waals surface area (Å²) in [6, 6.07) is 7.99. The van der Waals surface area contributed by atoms with E-state index in [0.29, 0.717) is 17.1 Å². The molecular weight excluding hydrogens is 272 g/mol. The molecule has 0 aliphatic carbocycles. The Kier molecular flexibility index (Phi) is 3.42. The van der Waals surface area contributed by atoms with E-state index in [1.807, 2.05) is 31.2 Å². The molecule has 0 aliphatic heterocycles. The Morgan fingerprint density at radius 1 is 1.25 bits per heavy atom. The number of para-hydroxylation sites is 2. The highest BCUT2D eigenvalue weighted by atomic mass is 32.1. The first kappa shape index (κ1) is 12.7. The molecule has 1 aromatic carbocycles. The normalized spacial score (nSPS) is 10.8. The number of fused-ring (bicyclic) bond motifs is 1. The second-order valence-corrected chi connectivity index (χ2v) is 4.84. The minimum Gasteiger partial charge on any atom is -0.368 e. The summed E-state index contributed by atoms with van der Waals surface area (Å²) in [5.41, 5.74) is 2.84. The quantitative estimate of drug-likeness (QED) is 0.641. The number of nitrogens with one attached hydrogen (secondary N) is 3. The summed E-state index contributed by atoms with van der Waals surface area (Å²) >= 11 is 4.96. The van der Waals surface area contributed by atoms with Crippen LogP contribution in [0, 0.1) is 11.7 Å². The molecule has 3 rings (SSSR count). The van der Waals surface area contributed by atoms with Crippen molar-refractivity contribution in [3.8, 4) is 0 Å². The lowest BCUT2D eigenvalue weighted by atomic mass is 10.3. The molecule has 0 unspecified atom stereocenters. The molecule has 2 aromatic heterocycles. The Balaban J connectivity index is 1.67. The number of rotatable bonds is 4. The van der Waals surface area contributed by atoms with E-state index in [2.05, 4.69) is 30.5 Å². The molecule has 102 valence electrons. The molecule has 0 saturated carbocycles. The van der Waals surface area contributed by atoms with Gasteiger partial charge in [0.1, 0.15) is 5.82 Å². The molecule has 2 heterocycles. The number of nitrogens with zero attached hydrogens (tertiary/aromatic N) is 3. The SMILES string of the molecule is Cc1n[nH]c(=S)nc1NCCc1nc2ccccc2[nH]1. The van der Waals surface area contributed by atoms with Crippen LogP contribution in [0.15, 0.2) is 24.3 Å². The van der Waals surface area contributed by atoms with Crippen molar-refractivity contribution in [1.29, 1.82) is 0 Å². The summed E-state index contributed by atoms with van der Waals surface area (Å²) in [6.45, 7) is 2.59. The number of H-pyrrole nitrogens is 2. The number of anilines is 1. The van der Waals surface area contributed by atoms with Crippen LogP contribution in [0.3, 0.4) is 0 Å². The molecule has 0 amide bonds. The average molecular weight is 286 g/mol. The maximum Gasteiger partial charge on any atom is 0.215 e. The van der Waals surface area contributed by atoms with Gasteiger partial charge >= 0.3 is 0 Å². The minimum absolute atomic E-state index is 0.377. The molecular formula is C13H14N6S. The van der Waals surface area contributed by atoms with Crippen molar-refractivity contribution in [2.45, 2.75) is 13.3 Å². The van der Waals surface area contributed by atoms with Gasteiger partial charge in [-0.15, -0.1) is 0 Å². The van der Waals surface area contributed by atoms with Gasteiger partial charge in [0, 0.05) is 13.0 Å². The van der Waals surface area contributed by atoms with Crippen molar-refractivity contribution in [2.24, 2.45) is 0 Å². The molecule has 0 aliphatic rings. The van der Waals surface area contributed by atoms with Gasteiger partial charge in [-0.2, -0.15) is 10.1 Å². The summed E-state index contributed by atoms with van der Waals surface area (Å²) in [5, 5.41) is 9.95. The summed E-state index contributed by atoms with van der Waals surface area (Å²) in [5.74, 6) is 1.66. The van der Waals surface area contributed by atoms with E-state index in [1.54, 1.807) is 0 Å². The zero-order valence-electron chi connectivity index (χ0n) is 11.0. The van der Waals surface area contributed by atoms with Crippen molar-refractivity contribution < 1.29 is 0 Å². The Morgan fingerprint density at radius 3 is 2.95 bits per heavy atom. The first-order chi connectivity index (χ1) is 9.72. The Morgan fingerprint density at radius 2 is 2.10 bits per heavy atom. The first-order valence-electron chi connectivity index (χ1n) is 6.33. The van der Waals surface area contributed by atoms with Gasteiger partial charge in [0.25, 0.3) is 0 Å². The lowest BCUT2D eigenvalue weighted by molar-refractivity contribution is 0.881.